The van der Waals surface area contributed by atoms with Crippen LogP contribution in [0.25, 0.3) is 21.6 Å². The van der Waals surface area contributed by atoms with Gasteiger partial charge < -0.3 is 19.9 Å². The largest absolute Gasteiger partial charge is 0.394 e. The van der Waals surface area contributed by atoms with Crippen molar-refractivity contribution in [2.45, 2.75) is 24.5 Å². The third kappa shape index (κ3) is 2.04. The van der Waals surface area contributed by atoms with Crippen LogP contribution in [0.1, 0.15) is 6.23 Å². The summed E-state index contributed by atoms with van der Waals surface area (Å²) in [5.41, 5.74) is 8.52. The zero-order valence-corrected chi connectivity index (χ0v) is 10.6. The number of ether oxygens (including phenoxy) is 1. The standard InChI is InChI=1S/C10H11N7O4/c11-16-15-5-7(19)4(1-18)21-10(5)17-3-14-6-8(17)12-2-13-9(6)20/h2-5,7,10,18-19H,1H2,(H,12,13,20)/t4-,5-,7-,10-/m1/s1. The van der Waals surface area contributed by atoms with Gasteiger partial charge in [-0.15, -0.1) is 0 Å². The summed E-state index contributed by atoms with van der Waals surface area (Å²) >= 11 is 0. The summed E-state index contributed by atoms with van der Waals surface area (Å²) in [5, 5.41) is 22.7. The van der Waals surface area contributed by atoms with Gasteiger partial charge in [0.1, 0.15) is 18.4 Å². The summed E-state index contributed by atoms with van der Waals surface area (Å²) in [7, 11) is 0. The van der Waals surface area contributed by atoms with E-state index in [1.807, 2.05) is 0 Å². The first-order valence-electron chi connectivity index (χ1n) is 6.06. The van der Waals surface area contributed by atoms with Crippen LogP contribution in [0, 0.1) is 0 Å². The fourth-order valence-electron chi connectivity index (χ4n) is 2.34. The maximum atomic E-state index is 11.6. The van der Waals surface area contributed by atoms with Crippen molar-refractivity contribution in [2.24, 2.45) is 5.11 Å². The van der Waals surface area contributed by atoms with E-state index in [9.17, 15) is 15.0 Å². The Kier molecular flexibility index (Phi) is 3.31. The average molecular weight is 293 g/mol. The molecule has 0 spiro atoms. The first-order chi connectivity index (χ1) is 10.2. The van der Waals surface area contributed by atoms with E-state index in [0.29, 0.717) is 0 Å². The lowest BCUT2D eigenvalue weighted by Crippen LogP contribution is -2.31. The summed E-state index contributed by atoms with van der Waals surface area (Å²) in [5.74, 6) is 0. The molecule has 3 N–H and O–H groups in total. The normalized spacial score (nSPS) is 28.7. The minimum atomic E-state index is -1.17. The molecular formula is C10H11N7O4. The summed E-state index contributed by atoms with van der Waals surface area (Å²) in [6.07, 6.45) is -0.461. The number of hydrogen-bond donors (Lipinski definition) is 3. The molecule has 1 aliphatic heterocycles. The maximum absolute atomic E-state index is 11.6. The van der Waals surface area contributed by atoms with E-state index >= 15 is 0 Å². The molecule has 0 aliphatic carbocycles. The van der Waals surface area contributed by atoms with Gasteiger partial charge in [0, 0.05) is 4.91 Å². The number of hydrogen-bond acceptors (Lipinski definition) is 7. The average Bonchev–Trinajstić information content (AvgIpc) is 3.03. The minimum Gasteiger partial charge on any atom is -0.394 e. The molecule has 0 aromatic carbocycles. The summed E-state index contributed by atoms with van der Waals surface area (Å²) in [4.78, 5) is 24.6. The van der Waals surface area contributed by atoms with E-state index in [4.69, 9.17) is 10.3 Å². The minimum absolute atomic E-state index is 0.0997. The predicted molar refractivity (Wildman–Crippen MR) is 68.1 cm³/mol. The quantitative estimate of drug-likeness (QED) is 0.375. The van der Waals surface area contributed by atoms with Gasteiger partial charge in [0.2, 0.25) is 0 Å². The van der Waals surface area contributed by atoms with Crippen LogP contribution in [-0.4, -0.2) is 54.6 Å². The van der Waals surface area contributed by atoms with E-state index < -0.39 is 36.6 Å². The first-order valence-corrected chi connectivity index (χ1v) is 6.06. The number of aliphatic hydroxyl groups is 2. The van der Waals surface area contributed by atoms with Crippen LogP contribution in [-0.2, 0) is 4.74 Å². The molecule has 2 aromatic heterocycles. The molecule has 21 heavy (non-hydrogen) atoms. The molecular weight excluding hydrogens is 282 g/mol. The molecule has 1 aliphatic rings. The number of aliphatic hydroxyl groups excluding tert-OH is 2. The van der Waals surface area contributed by atoms with Gasteiger partial charge in [-0.1, -0.05) is 5.11 Å². The van der Waals surface area contributed by atoms with E-state index in [0.717, 1.165) is 0 Å². The van der Waals surface area contributed by atoms with Crippen LogP contribution >= 0.6 is 0 Å². The number of aromatic amines is 1. The highest BCUT2D eigenvalue weighted by Gasteiger charge is 2.44. The van der Waals surface area contributed by atoms with Crippen molar-refractivity contribution >= 4 is 11.2 Å². The SMILES string of the molecule is [N-]=[N+]=N[C@@H]1[C@H](O)[C@@H](CO)O[C@H]1n1cnc2c(=O)[nH]cnc21. The molecule has 0 unspecified atom stereocenters. The number of imidazole rings is 1. The third-order valence-corrected chi connectivity index (χ3v) is 3.34. The molecule has 3 heterocycles. The number of nitrogens with one attached hydrogen (secondary N) is 1. The zero-order valence-electron chi connectivity index (χ0n) is 10.6. The monoisotopic (exact) mass is 293 g/mol. The molecule has 0 saturated carbocycles. The fraction of sp³-hybridized carbons (Fsp3) is 0.500. The van der Waals surface area contributed by atoms with Crippen LogP contribution in [0.15, 0.2) is 22.6 Å². The molecule has 0 bridgehead atoms. The Labute approximate surface area is 116 Å². The first kappa shape index (κ1) is 13.5. The van der Waals surface area contributed by atoms with Crippen LogP contribution in [0.5, 0.6) is 0 Å². The third-order valence-electron chi connectivity index (χ3n) is 3.34. The molecule has 1 saturated heterocycles. The van der Waals surface area contributed by atoms with Crippen LogP contribution in [0.2, 0.25) is 0 Å². The molecule has 110 valence electrons. The number of nitrogens with zero attached hydrogens (tertiary/aromatic N) is 6. The molecule has 0 radical (unpaired) electrons. The fourth-order valence-corrected chi connectivity index (χ4v) is 2.34. The number of azide groups is 1. The van der Waals surface area contributed by atoms with Crippen molar-refractivity contribution in [1.82, 2.24) is 19.5 Å². The second-order valence-corrected chi connectivity index (χ2v) is 4.49. The van der Waals surface area contributed by atoms with Gasteiger partial charge in [-0.05, 0) is 5.53 Å². The highest BCUT2D eigenvalue weighted by Crippen LogP contribution is 2.33. The molecule has 2 aromatic rings. The van der Waals surface area contributed by atoms with Gasteiger partial charge in [-0.25, -0.2) is 9.97 Å². The molecule has 11 nitrogen and oxygen atoms in total. The smallest absolute Gasteiger partial charge is 0.278 e. The van der Waals surface area contributed by atoms with E-state index in [1.54, 1.807) is 0 Å². The van der Waals surface area contributed by atoms with Crippen molar-refractivity contribution in [3.63, 3.8) is 0 Å². The van der Waals surface area contributed by atoms with Gasteiger partial charge >= 0.3 is 0 Å². The molecule has 0 amide bonds. The lowest BCUT2D eigenvalue weighted by molar-refractivity contribution is -0.0437. The Morgan fingerprint density at radius 2 is 2.38 bits per heavy atom. The van der Waals surface area contributed by atoms with Crippen molar-refractivity contribution in [3.8, 4) is 0 Å². The number of rotatable bonds is 3. The van der Waals surface area contributed by atoms with Crippen molar-refractivity contribution < 1.29 is 14.9 Å². The van der Waals surface area contributed by atoms with Crippen LogP contribution in [0.3, 0.4) is 0 Å². The Bertz CT molecular complexity index is 764. The number of H-pyrrole nitrogens is 1. The molecule has 3 rings (SSSR count). The summed E-state index contributed by atoms with van der Waals surface area (Å²) in [6, 6.07) is -0.967. The van der Waals surface area contributed by atoms with Gasteiger partial charge in [-0.3, -0.25) is 9.36 Å². The molecule has 11 heteroatoms. The van der Waals surface area contributed by atoms with Crippen LogP contribution < -0.4 is 5.56 Å². The summed E-state index contributed by atoms with van der Waals surface area (Å²) < 4.78 is 6.88. The highest BCUT2D eigenvalue weighted by molar-refractivity contribution is 5.68. The molecule has 4 atom stereocenters. The molecule has 1 fully saturated rings. The van der Waals surface area contributed by atoms with Crippen molar-refractivity contribution in [1.29, 1.82) is 0 Å². The Morgan fingerprint density at radius 1 is 1.57 bits per heavy atom. The highest BCUT2D eigenvalue weighted by atomic mass is 16.5. The topological polar surface area (TPSA) is 162 Å². The predicted octanol–water partition coefficient (Wildman–Crippen LogP) is -0.951. The van der Waals surface area contributed by atoms with E-state index in [2.05, 4.69) is 25.0 Å². The zero-order chi connectivity index (χ0) is 15.0. The Morgan fingerprint density at radius 3 is 3.10 bits per heavy atom. The number of aromatic nitrogens is 4. The van der Waals surface area contributed by atoms with Gasteiger partial charge in [0.25, 0.3) is 5.56 Å². The van der Waals surface area contributed by atoms with E-state index in [1.165, 1.54) is 17.2 Å². The van der Waals surface area contributed by atoms with E-state index in [-0.39, 0.29) is 11.2 Å². The van der Waals surface area contributed by atoms with Gasteiger partial charge in [-0.2, -0.15) is 0 Å². The van der Waals surface area contributed by atoms with Crippen molar-refractivity contribution in [3.05, 3.63) is 33.5 Å². The number of fused-ring (bicyclic) bond motifs is 1. The Hall–Kier alpha value is -2.46. The second kappa shape index (κ2) is 5.14. The van der Waals surface area contributed by atoms with Crippen LogP contribution in [0.4, 0.5) is 0 Å². The maximum Gasteiger partial charge on any atom is 0.278 e. The van der Waals surface area contributed by atoms with Crippen molar-refractivity contribution in [2.75, 3.05) is 6.61 Å². The Balaban J connectivity index is 2.10. The van der Waals surface area contributed by atoms with Gasteiger partial charge in [0.05, 0.1) is 25.4 Å². The lowest BCUT2D eigenvalue weighted by atomic mass is 10.1. The van der Waals surface area contributed by atoms with Gasteiger partial charge in [0.15, 0.2) is 11.2 Å². The second-order valence-electron chi connectivity index (χ2n) is 4.49. The lowest BCUT2D eigenvalue weighted by Gasteiger charge is -2.16. The summed E-state index contributed by atoms with van der Waals surface area (Å²) in [6.45, 7) is -0.435.